The van der Waals surface area contributed by atoms with Crippen LogP contribution in [-0.4, -0.2) is 59.5 Å². The average Bonchev–Trinajstić information content (AvgIpc) is 3.59. The molecule has 0 unspecified atom stereocenters. The summed E-state index contributed by atoms with van der Waals surface area (Å²) in [4.78, 5) is 27.9. The van der Waals surface area contributed by atoms with E-state index in [4.69, 9.17) is 0 Å². The number of carbonyl (C=O) groups is 2. The van der Waals surface area contributed by atoms with E-state index < -0.39 is 6.04 Å². The minimum absolute atomic E-state index is 0.00385. The molecule has 0 spiro atoms. The molecule has 4 rings (SSSR count). The van der Waals surface area contributed by atoms with Crippen molar-refractivity contribution >= 4 is 11.8 Å². The molecule has 3 atom stereocenters. The van der Waals surface area contributed by atoms with Crippen molar-refractivity contribution < 1.29 is 14.7 Å². The van der Waals surface area contributed by atoms with Crippen LogP contribution in [0.2, 0.25) is 0 Å². The molecule has 1 N–H and O–H groups in total. The number of nitrogens with zero attached hydrogens (tertiary/aromatic N) is 3. The maximum Gasteiger partial charge on any atom is 0.253 e. The van der Waals surface area contributed by atoms with E-state index in [1.807, 2.05) is 42.5 Å². The Balaban J connectivity index is 1.56. The first-order valence-electron chi connectivity index (χ1n) is 10.2. The van der Waals surface area contributed by atoms with Crippen LogP contribution in [-0.2, 0) is 4.79 Å². The van der Waals surface area contributed by atoms with Crippen LogP contribution in [0.3, 0.4) is 0 Å². The predicted molar refractivity (Wildman–Crippen MR) is 112 cm³/mol. The van der Waals surface area contributed by atoms with Gasteiger partial charge in [0.25, 0.3) is 5.91 Å². The van der Waals surface area contributed by atoms with E-state index in [0.29, 0.717) is 5.56 Å². The summed E-state index contributed by atoms with van der Waals surface area (Å²) >= 11 is 0. The standard InChI is InChI=1S/C24H25N3O3/c1-26(2)23(29)19-5-3-4-18(12-19)15-6-8-16(9-7-15)22-20(13-25)27(21(22)14-28)24(30)17-10-11-17/h3-9,12,17,20-22,28H,10-11,14H2,1-2H3/t20-,21-,22-/m1/s1. The van der Waals surface area contributed by atoms with Gasteiger partial charge in [-0.3, -0.25) is 9.59 Å². The number of hydrogen-bond donors (Lipinski definition) is 1. The van der Waals surface area contributed by atoms with E-state index >= 15 is 0 Å². The van der Waals surface area contributed by atoms with Gasteiger partial charge in [-0.15, -0.1) is 0 Å². The molecular weight excluding hydrogens is 378 g/mol. The number of aliphatic hydroxyl groups excluding tert-OH is 1. The van der Waals surface area contributed by atoms with Crippen molar-refractivity contribution in [2.24, 2.45) is 5.92 Å². The molecule has 2 fully saturated rings. The predicted octanol–water partition coefficient (Wildman–Crippen LogP) is 2.64. The quantitative estimate of drug-likeness (QED) is 0.832. The molecule has 6 nitrogen and oxygen atoms in total. The third-order valence-electron chi connectivity index (χ3n) is 6.06. The molecular formula is C24H25N3O3. The van der Waals surface area contributed by atoms with Gasteiger partial charge in [-0.25, -0.2) is 0 Å². The summed E-state index contributed by atoms with van der Waals surface area (Å²) in [5.41, 5.74) is 3.46. The molecule has 0 aromatic heterocycles. The average molecular weight is 403 g/mol. The Morgan fingerprint density at radius 1 is 1.13 bits per heavy atom. The zero-order valence-electron chi connectivity index (χ0n) is 17.2. The fourth-order valence-electron chi connectivity index (χ4n) is 4.24. The van der Waals surface area contributed by atoms with E-state index in [1.165, 1.54) is 0 Å². The Bertz CT molecular complexity index is 1010. The summed E-state index contributed by atoms with van der Waals surface area (Å²) < 4.78 is 0. The van der Waals surface area contributed by atoms with Gasteiger partial charge in [0.05, 0.1) is 18.7 Å². The molecule has 2 aliphatic rings. The molecule has 1 heterocycles. The van der Waals surface area contributed by atoms with Gasteiger partial charge in [-0.05, 0) is 41.7 Å². The second-order valence-electron chi connectivity index (χ2n) is 8.27. The highest BCUT2D eigenvalue weighted by molar-refractivity contribution is 5.95. The van der Waals surface area contributed by atoms with Gasteiger partial charge in [0.15, 0.2) is 0 Å². The van der Waals surface area contributed by atoms with Crippen molar-refractivity contribution in [3.05, 3.63) is 59.7 Å². The molecule has 2 aromatic carbocycles. The third-order valence-corrected chi connectivity index (χ3v) is 6.06. The number of nitriles is 1. The van der Waals surface area contributed by atoms with Crippen molar-refractivity contribution in [3.8, 4) is 17.2 Å². The van der Waals surface area contributed by atoms with E-state index in [9.17, 15) is 20.0 Å². The van der Waals surface area contributed by atoms with Crippen LogP contribution >= 0.6 is 0 Å². The van der Waals surface area contributed by atoms with Crippen LogP contribution in [0.15, 0.2) is 48.5 Å². The first-order chi connectivity index (χ1) is 14.5. The van der Waals surface area contributed by atoms with Crippen LogP contribution in [0.4, 0.5) is 0 Å². The van der Waals surface area contributed by atoms with E-state index in [1.54, 1.807) is 30.0 Å². The number of rotatable bonds is 5. The highest BCUT2D eigenvalue weighted by atomic mass is 16.3. The van der Waals surface area contributed by atoms with Crippen molar-refractivity contribution in [2.45, 2.75) is 30.8 Å². The van der Waals surface area contributed by atoms with Crippen molar-refractivity contribution in [3.63, 3.8) is 0 Å². The second-order valence-corrected chi connectivity index (χ2v) is 8.27. The number of benzene rings is 2. The lowest BCUT2D eigenvalue weighted by Crippen LogP contribution is -2.65. The van der Waals surface area contributed by atoms with Crippen LogP contribution in [0.1, 0.15) is 34.7 Å². The highest BCUT2D eigenvalue weighted by Crippen LogP contribution is 2.44. The molecule has 1 aliphatic carbocycles. The minimum Gasteiger partial charge on any atom is -0.394 e. The summed E-state index contributed by atoms with van der Waals surface area (Å²) in [7, 11) is 3.45. The van der Waals surface area contributed by atoms with Gasteiger partial charge >= 0.3 is 0 Å². The van der Waals surface area contributed by atoms with E-state index in [2.05, 4.69) is 6.07 Å². The lowest BCUT2D eigenvalue weighted by Gasteiger charge is -2.51. The molecule has 2 amide bonds. The largest absolute Gasteiger partial charge is 0.394 e. The maximum absolute atomic E-state index is 12.5. The molecule has 2 aromatic rings. The Kier molecular flexibility index (Phi) is 5.31. The number of amides is 2. The Morgan fingerprint density at radius 2 is 1.83 bits per heavy atom. The summed E-state index contributed by atoms with van der Waals surface area (Å²) in [5, 5.41) is 19.5. The zero-order valence-corrected chi connectivity index (χ0v) is 17.2. The van der Waals surface area contributed by atoms with Gasteiger partial charge in [0.1, 0.15) is 6.04 Å². The molecule has 1 aliphatic heterocycles. The number of likely N-dealkylation sites (tertiary alicyclic amines) is 1. The van der Waals surface area contributed by atoms with Gasteiger partial charge < -0.3 is 14.9 Å². The topological polar surface area (TPSA) is 84.6 Å². The fourth-order valence-corrected chi connectivity index (χ4v) is 4.24. The fraction of sp³-hybridized carbons (Fsp3) is 0.375. The van der Waals surface area contributed by atoms with E-state index in [-0.39, 0.29) is 36.3 Å². The van der Waals surface area contributed by atoms with Crippen LogP contribution < -0.4 is 0 Å². The zero-order chi connectivity index (χ0) is 21.4. The monoisotopic (exact) mass is 403 g/mol. The molecule has 1 saturated heterocycles. The smallest absolute Gasteiger partial charge is 0.253 e. The van der Waals surface area contributed by atoms with Crippen molar-refractivity contribution in [2.75, 3.05) is 20.7 Å². The first kappa shape index (κ1) is 20.1. The van der Waals surface area contributed by atoms with Crippen LogP contribution in [0.25, 0.3) is 11.1 Å². The summed E-state index contributed by atoms with van der Waals surface area (Å²) in [6, 6.07) is 16.7. The third kappa shape index (κ3) is 3.46. The molecule has 1 saturated carbocycles. The normalized spacial score (nSPS) is 22.7. The van der Waals surface area contributed by atoms with E-state index in [0.717, 1.165) is 29.5 Å². The summed E-state index contributed by atoms with van der Waals surface area (Å²) in [6.07, 6.45) is 1.75. The summed E-state index contributed by atoms with van der Waals surface area (Å²) in [5.74, 6) is -0.226. The lowest BCUT2D eigenvalue weighted by molar-refractivity contribution is -0.148. The molecule has 30 heavy (non-hydrogen) atoms. The number of aliphatic hydroxyl groups is 1. The molecule has 0 radical (unpaired) electrons. The molecule has 6 heteroatoms. The van der Waals surface area contributed by atoms with Crippen LogP contribution in [0, 0.1) is 17.2 Å². The van der Waals surface area contributed by atoms with Crippen molar-refractivity contribution in [1.82, 2.24) is 9.80 Å². The van der Waals surface area contributed by atoms with Gasteiger partial charge in [0.2, 0.25) is 5.91 Å². The van der Waals surface area contributed by atoms with Gasteiger partial charge in [-0.2, -0.15) is 5.26 Å². The second kappa shape index (κ2) is 7.92. The SMILES string of the molecule is CN(C)C(=O)c1cccc(-c2ccc([C@@H]3[C@@H](C#N)N(C(=O)C4CC4)[C@@H]3CO)cc2)c1. The Hall–Kier alpha value is -3.17. The molecule has 0 bridgehead atoms. The van der Waals surface area contributed by atoms with Crippen molar-refractivity contribution in [1.29, 1.82) is 5.26 Å². The van der Waals surface area contributed by atoms with Crippen LogP contribution in [0.5, 0.6) is 0 Å². The number of hydrogen-bond acceptors (Lipinski definition) is 4. The Morgan fingerprint density at radius 3 is 2.40 bits per heavy atom. The Labute approximate surface area is 176 Å². The number of carbonyl (C=O) groups excluding carboxylic acids is 2. The van der Waals surface area contributed by atoms with Gasteiger partial charge in [-0.1, -0.05) is 36.4 Å². The lowest BCUT2D eigenvalue weighted by atomic mass is 9.75. The maximum atomic E-state index is 12.5. The highest BCUT2D eigenvalue weighted by Gasteiger charge is 2.53. The minimum atomic E-state index is -0.540. The van der Waals surface area contributed by atoms with Gasteiger partial charge in [0, 0.05) is 31.5 Å². The first-order valence-corrected chi connectivity index (χ1v) is 10.2. The molecule has 154 valence electrons. The summed E-state index contributed by atoms with van der Waals surface area (Å²) in [6.45, 7) is -0.155.